The number of carbonyl (C=O) groups is 1. The van der Waals surface area contributed by atoms with Gasteiger partial charge in [0.25, 0.3) is 5.91 Å². The highest BCUT2D eigenvalue weighted by Crippen LogP contribution is 2.35. The molecule has 8 heteroatoms. The highest BCUT2D eigenvalue weighted by molar-refractivity contribution is 9.11. The number of rotatable bonds is 8. The summed E-state index contributed by atoms with van der Waals surface area (Å²) in [6.07, 6.45) is 1.57. The van der Waals surface area contributed by atoms with Crippen LogP contribution in [0.3, 0.4) is 0 Å². The summed E-state index contributed by atoms with van der Waals surface area (Å²) in [6.45, 7) is 0.524. The summed E-state index contributed by atoms with van der Waals surface area (Å²) in [6, 6.07) is 25.3. The van der Waals surface area contributed by atoms with Crippen LogP contribution in [0.5, 0.6) is 5.75 Å². The maximum atomic E-state index is 12.0. The van der Waals surface area contributed by atoms with Crippen molar-refractivity contribution in [2.75, 3.05) is 11.9 Å². The Hall–Kier alpha value is -2.87. The number of amides is 1. The molecule has 0 heterocycles. The molecule has 0 saturated carbocycles. The number of nitrogens with zero attached hydrogens (tertiary/aromatic N) is 1. The minimum Gasteiger partial charge on any atom is -0.487 e. The fourth-order valence-corrected chi connectivity index (χ4v) is 4.91. The van der Waals surface area contributed by atoms with E-state index in [0.29, 0.717) is 17.4 Å². The van der Waals surface area contributed by atoms with Crippen LogP contribution < -0.4 is 15.5 Å². The highest BCUT2D eigenvalue weighted by atomic mass is 79.9. The second-order valence-corrected chi connectivity index (χ2v) is 9.54. The molecule has 5 nitrogen and oxygen atoms in total. The average Bonchev–Trinajstić information content (AvgIpc) is 2.83. The van der Waals surface area contributed by atoms with E-state index >= 15 is 0 Å². The molecule has 172 valence electrons. The third-order valence-corrected chi connectivity index (χ3v) is 6.40. The number of anilines is 1. The number of hydrazone groups is 1. The van der Waals surface area contributed by atoms with Gasteiger partial charge in [0.1, 0.15) is 12.4 Å². The Morgan fingerprint density at radius 3 is 2.44 bits per heavy atom. The van der Waals surface area contributed by atoms with Gasteiger partial charge in [-0.05, 0) is 90.2 Å². The summed E-state index contributed by atoms with van der Waals surface area (Å²) in [5.74, 6) is 0.431. The molecular weight excluding hydrogens is 582 g/mol. The van der Waals surface area contributed by atoms with Crippen molar-refractivity contribution in [3.05, 3.63) is 104 Å². The summed E-state index contributed by atoms with van der Waals surface area (Å²) in [7, 11) is 0. The Bertz CT molecular complexity index is 1320. The van der Waals surface area contributed by atoms with E-state index in [1.54, 1.807) is 30.5 Å². The van der Waals surface area contributed by atoms with Crippen LogP contribution in [0.25, 0.3) is 10.8 Å². The quantitative estimate of drug-likeness (QED) is 0.166. The Labute approximate surface area is 219 Å². The summed E-state index contributed by atoms with van der Waals surface area (Å²) < 4.78 is 7.67. The van der Waals surface area contributed by atoms with Crippen LogP contribution in [0.15, 0.2) is 92.9 Å². The van der Waals surface area contributed by atoms with Gasteiger partial charge in [-0.25, -0.2) is 5.43 Å². The largest absolute Gasteiger partial charge is 0.487 e. The van der Waals surface area contributed by atoms with Crippen molar-refractivity contribution < 1.29 is 9.53 Å². The highest BCUT2D eigenvalue weighted by Gasteiger charge is 2.10. The first kappa shape index (κ1) is 24.3. The van der Waals surface area contributed by atoms with Gasteiger partial charge in [-0.1, -0.05) is 54.1 Å². The summed E-state index contributed by atoms with van der Waals surface area (Å²) in [4.78, 5) is 12.0. The summed E-state index contributed by atoms with van der Waals surface area (Å²) in [5.41, 5.74) is 5.21. The molecule has 0 atom stereocenters. The van der Waals surface area contributed by atoms with Crippen LogP contribution in [-0.4, -0.2) is 18.7 Å². The molecule has 4 aromatic carbocycles. The van der Waals surface area contributed by atoms with Gasteiger partial charge < -0.3 is 10.1 Å². The van der Waals surface area contributed by atoms with Gasteiger partial charge in [0, 0.05) is 10.7 Å². The van der Waals surface area contributed by atoms with Crippen LogP contribution in [-0.2, 0) is 11.4 Å². The Kier molecular flexibility index (Phi) is 8.21. The molecule has 0 spiro atoms. The number of hydrogen-bond donors (Lipinski definition) is 2. The van der Waals surface area contributed by atoms with E-state index in [-0.39, 0.29) is 12.5 Å². The van der Waals surface area contributed by atoms with Crippen molar-refractivity contribution in [3.63, 3.8) is 0 Å². The van der Waals surface area contributed by atoms with E-state index in [1.807, 2.05) is 30.3 Å². The molecule has 1 amide bonds. The molecule has 0 aliphatic heterocycles. The first-order chi connectivity index (χ1) is 16.5. The molecule has 0 bridgehead atoms. The maximum Gasteiger partial charge on any atom is 0.259 e. The fraction of sp³-hybridized carbons (Fsp3) is 0.0769. The molecule has 0 radical (unpaired) electrons. The third-order valence-electron chi connectivity index (χ3n) is 4.97. The zero-order chi connectivity index (χ0) is 23.9. The van der Waals surface area contributed by atoms with Gasteiger partial charge in [0.05, 0.1) is 21.7 Å². The topological polar surface area (TPSA) is 62.7 Å². The Morgan fingerprint density at radius 1 is 0.971 bits per heavy atom. The van der Waals surface area contributed by atoms with Crippen LogP contribution in [0, 0.1) is 0 Å². The van der Waals surface area contributed by atoms with Gasteiger partial charge in [-0.3, -0.25) is 4.79 Å². The maximum absolute atomic E-state index is 12.0. The zero-order valence-corrected chi connectivity index (χ0v) is 21.8. The molecule has 4 rings (SSSR count). The van der Waals surface area contributed by atoms with Gasteiger partial charge >= 0.3 is 0 Å². The number of fused-ring (bicyclic) bond motifs is 1. The average molecular weight is 602 g/mol. The number of ether oxygens (including phenoxy) is 1. The van der Waals surface area contributed by atoms with Crippen molar-refractivity contribution in [3.8, 4) is 5.75 Å². The van der Waals surface area contributed by atoms with Crippen LogP contribution in [0.2, 0.25) is 5.02 Å². The van der Waals surface area contributed by atoms with E-state index in [1.165, 1.54) is 10.8 Å². The molecule has 0 unspecified atom stereocenters. The molecular formula is C26H20Br2ClN3O2. The van der Waals surface area contributed by atoms with Gasteiger partial charge in [-0.15, -0.1) is 0 Å². The SMILES string of the molecule is O=C(CNc1ccc(Cl)cc1)N/N=C\c1cc(Br)c(OCc2cccc3ccccc23)c(Br)c1. The van der Waals surface area contributed by atoms with Crippen molar-refractivity contribution in [1.29, 1.82) is 0 Å². The molecule has 2 N–H and O–H groups in total. The molecule has 0 aliphatic rings. The van der Waals surface area contributed by atoms with Crippen molar-refractivity contribution in [2.45, 2.75) is 6.61 Å². The van der Waals surface area contributed by atoms with Crippen LogP contribution in [0.4, 0.5) is 5.69 Å². The lowest BCUT2D eigenvalue weighted by Crippen LogP contribution is -2.25. The molecule has 4 aromatic rings. The summed E-state index contributed by atoms with van der Waals surface area (Å²) in [5, 5.41) is 10.0. The van der Waals surface area contributed by atoms with E-state index in [9.17, 15) is 4.79 Å². The third kappa shape index (κ3) is 6.38. The Balaban J connectivity index is 1.34. The van der Waals surface area contributed by atoms with Crippen LogP contribution >= 0.6 is 43.5 Å². The van der Waals surface area contributed by atoms with Crippen molar-refractivity contribution >= 4 is 72.0 Å². The van der Waals surface area contributed by atoms with E-state index in [4.69, 9.17) is 16.3 Å². The summed E-state index contributed by atoms with van der Waals surface area (Å²) >= 11 is 13.0. The molecule has 34 heavy (non-hydrogen) atoms. The number of halogens is 3. The normalized spacial score (nSPS) is 11.0. The van der Waals surface area contributed by atoms with E-state index < -0.39 is 0 Å². The first-order valence-corrected chi connectivity index (χ1v) is 12.4. The molecule has 0 aliphatic carbocycles. The smallest absolute Gasteiger partial charge is 0.259 e. The number of benzene rings is 4. The molecule has 0 aromatic heterocycles. The van der Waals surface area contributed by atoms with E-state index in [0.717, 1.165) is 25.8 Å². The molecule has 0 saturated heterocycles. The minimum absolute atomic E-state index is 0.0906. The van der Waals surface area contributed by atoms with Crippen molar-refractivity contribution in [1.82, 2.24) is 5.43 Å². The predicted octanol–water partition coefficient (Wildman–Crippen LogP) is 7.16. The fourth-order valence-electron chi connectivity index (χ4n) is 3.33. The number of nitrogens with one attached hydrogen (secondary N) is 2. The number of carbonyl (C=O) groups excluding carboxylic acids is 1. The van der Waals surface area contributed by atoms with Gasteiger partial charge in [-0.2, -0.15) is 5.10 Å². The van der Waals surface area contributed by atoms with Crippen LogP contribution in [0.1, 0.15) is 11.1 Å². The predicted molar refractivity (Wildman–Crippen MR) is 146 cm³/mol. The minimum atomic E-state index is -0.264. The zero-order valence-electron chi connectivity index (χ0n) is 17.9. The van der Waals surface area contributed by atoms with Gasteiger partial charge in [0.2, 0.25) is 0 Å². The lowest BCUT2D eigenvalue weighted by molar-refractivity contribution is -0.119. The first-order valence-electron chi connectivity index (χ1n) is 10.4. The Morgan fingerprint density at radius 2 is 1.68 bits per heavy atom. The standard InChI is InChI=1S/C26H20Br2ClN3O2/c27-23-12-17(14-31-32-25(33)15-30-21-10-8-20(29)9-11-21)13-24(28)26(23)34-16-19-6-3-5-18-4-1-2-7-22(18)19/h1-14,30H,15-16H2,(H,32,33)/b31-14-. The van der Waals surface area contributed by atoms with E-state index in [2.05, 4.69) is 72.0 Å². The molecule has 0 fully saturated rings. The number of hydrogen-bond acceptors (Lipinski definition) is 4. The second kappa shape index (κ2) is 11.5. The monoisotopic (exact) mass is 599 g/mol. The lowest BCUT2D eigenvalue weighted by Gasteiger charge is -2.13. The second-order valence-electron chi connectivity index (χ2n) is 7.39. The van der Waals surface area contributed by atoms with Gasteiger partial charge in [0.15, 0.2) is 0 Å². The lowest BCUT2D eigenvalue weighted by atomic mass is 10.1. The van der Waals surface area contributed by atoms with Crippen molar-refractivity contribution in [2.24, 2.45) is 5.10 Å².